The number of rotatable bonds is 8. The van der Waals surface area contributed by atoms with Crippen LogP contribution in [0.4, 0.5) is 13.2 Å². The first kappa shape index (κ1) is 25.6. The number of hydrogen-bond acceptors (Lipinski definition) is 4. The average Bonchev–Trinajstić information content (AvgIpc) is 2.70. The summed E-state index contributed by atoms with van der Waals surface area (Å²) in [7, 11) is 0. The minimum Gasteiger partial charge on any atom is -0.490 e. The zero-order chi connectivity index (χ0) is 22.6. The predicted octanol–water partition coefficient (Wildman–Crippen LogP) is 4.36. The minimum atomic E-state index is -5.08. The largest absolute Gasteiger partial charge is 0.490 e. The molecule has 0 saturated heterocycles. The second kappa shape index (κ2) is 13.0. The second-order valence-corrected chi connectivity index (χ2v) is 6.83. The van der Waals surface area contributed by atoms with E-state index in [4.69, 9.17) is 19.4 Å². The monoisotopic (exact) mass is 433 g/mol. The molecule has 1 amide bonds. The lowest BCUT2D eigenvalue weighted by Crippen LogP contribution is -2.33. The predicted molar refractivity (Wildman–Crippen MR) is 106 cm³/mol. The number of nitrogens with one attached hydrogen (secondary N) is 1. The van der Waals surface area contributed by atoms with Crippen molar-refractivity contribution in [2.75, 3.05) is 19.8 Å². The zero-order valence-corrected chi connectivity index (χ0v) is 17.4. The van der Waals surface area contributed by atoms with Crippen LogP contribution in [0.2, 0.25) is 0 Å². The molecule has 1 fully saturated rings. The maximum atomic E-state index is 12.1. The molecule has 0 atom stereocenters. The van der Waals surface area contributed by atoms with Crippen LogP contribution in [0.15, 0.2) is 18.2 Å². The number of amides is 1. The Morgan fingerprint density at radius 1 is 1.07 bits per heavy atom. The van der Waals surface area contributed by atoms with Crippen LogP contribution in [0.3, 0.4) is 0 Å². The van der Waals surface area contributed by atoms with E-state index in [1.807, 2.05) is 32.0 Å². The molecule has 0 heterocycles. The summed E-state index contributed by atoms with van der Waals surface area (Å²) in [6, 6.07) is 6.01. The number of hydrogen-bond donors (Lipinski definition) is 2. The Balaban J connectivity index is 0.000000553. The van der Waals surface area contributed by atoms with Crippen molar-refractivity contribution in [3.05, 3.63) is 23.8 Å². The number of carbonyl (C=O) groups excluding carboxylic acids is 1. The van der Waals surface area contributed by atoms with Gasteiger partial charge in [-0.25, -0.2) is 4.79 Å². The fraction of sp³-hybridized carbons (Fsp3) is 0.619. The van der Waals surface area contributed by atoms with E-state index in [2.05, 4.69) is 5.32 Å². The van der Waals surface area contributed by atoms with Crippen molar-refractivity contribution in [3.63, 3.8) is 0 Å². The summed E-state index contributed by atoms with van der Waals surface area (Å²) >= 11 is 0. The molecule has 170 valence electrons. The standard InChI is InChI=1S/C19H29NO3.C2HF3O2/c1-3-22-17-11-10-15(14-18(17)23-4-2)12-13-20-19(21)16-8-6-5-7-9-16;3-2(4,5)1(6)7/h10-11,14,16H,3-9,12-13H2,1-2H3,(H,20,21);(H,6,7). The fourth-order valence-corrected chi connectivity index (χ4v) is 3.09. The molecule has 9 heteroatoms. The molecule has 1 saturated carbocycles. The maximum absolute atomic E-state index is 12.1. The third kappa shape index (κ3) is 9.37. The van der Waals surface area contributed by atoms with Crippen molar-refractivity contribution in [1.29, 1.82) is 0 Å². The first-order valence-corrected chi connectivity index (χ1v) is 10.1. The fourth-order valence-electron chi connectivity index (χ4n) is 3.09. The molecular formula is C21H30F3NO5. The van der Waals surface area contributed by atoms with Gasteiger partial charge in [0.05, 0.1) is 13.2 Å². The lowest BCUT2D eigenvalue weighted by molar-refractivity contribution is -0.192. The number of carboxylic acid groups (broad SMARTS) is 1. The summed E-state index contributed by atoms with van der Waals surface area (Å²) in [5, 5.41) is 10.2. The highest BCUT2D eigenvalue weighted by Crippen LogP contribution is 2.28. The first-order valence-electron chi connectivity index (χ1n) is 10.1. The van der Waals surface area contributed by atoms with Gasteiger partial charge in [-0.3, -0.25) is 4.79 Å². The molecule has 0 radical (unpaired) electrons. The van der Waals surface area contributed by atoms with E-state index in [-0.39, 0.29) is 11.8 Å². The van der Waals surface area contributed by atoms with Gasteiger partial charge in [0.15, 0.2) is 11.5 Å². The Kier molecular flexibility index (Phi) is 11.1. The molecule has 1 aromatic carbocycles. The van der Waals surface area contributed by atoms with E-state index < -0.39 is 12.1 Å². The van der Waals surface area contributed by atoms with Gasteiger partial charge in [-0.05, 0) is 50.8 Å². The van der Waals surface area contributed by atoms with Crippen LogP contribution in [0.5, 0.6) is 11.5 Å². The smallest absolute Gasteiger partial charge is 0.490 e. The van der Waals surface area contributed by atoms with E-state index in [0.717, 1.165) is 36.3 Å². The molecule has 0 aliphatic heterocycles. The Bertz CT molecular complexity index is 673. The lowest BCUT2D eigenvalue weighted by Gasteiger charge is -2.20. The third-order valence-corrected chi connectivity index (χ3v) is 4.54. The van der Waals surface area contributed by atoms with E-state index in [9.17, 15) is 18.0 Å². The first-order chi connectivity index (χ1) is 14.2. The highest BCUT2D eigenvalue weighted by molar-refractivity contribution is 5.78. The van der Waals surface area contributed by atoms with E-state index in [1.165, 1.54) is 19.3 Å². The van der Waals surface area contributed by atoms with Gasteiger partial charge in [-0.15, -0.1) is 0 Å². The van der Waals surface area contributed by atoms with Crippen LogP contribution in [0.25, 0.3) is 0 Å². The van der Waals surface area contributed by atoms with Gasteiger partial charge in [0, 0.05) is 12.5 Å². The Hall–Kier alpha value is -2.45. The van der Waals surface area contributed by atoms with Crippen LogP contribution in [-0.2, 0) is 16.0 Å². The number of halogens is 3. The molecule has 30 heavy (non-hydrogen) atoms. The van der Waals surface area contributed by atoms with Crippen LogP contribution >= 0.6 is 0 Å². The molecule has 0 bridgehead atoms. The third-order valence-electron chi connectivity index (χ3n) is 4.54. The number of aliphatic carboxylic acids is 1. The van der Waals surface area contributed by atoms with Crippen LogP contribution in [-0.4, -0.2) is 42.9 Å². The Morgan fingerprint density at radius 2 is 1.63 bits per heavy atom. The number of alkyl halides is 3. The van der Waals surface area contributed by atoms with Crippen molar-refractivity contribution in [2.45, 2.75) is 58.5 Å². The molecular weight excluding hydrogens is 403 g/mol. The van der Waals surface area contributed by atoms with Crippen molar-refractivity contribution < 1.29 is 37.3 Å². The summed E-state index contributed by atoms with van der Waals surface area (Å²) in [5.74, 6) is -0.744. The van der Waals surface area contributed by atoms with E-state index in [1.54, 1.807) is 0 Å². The molecule has 2 N–H and O–H groups in total. The van der Waals surface area contributed by atoms with E-state index >= 15 is 0 Å². The van der Waals surface area contributed by atoms with Crippen molar-refractivity contribution in [3.8, 4) is 11.5 Å². The molecule has 1 aliphatic rings. The zero-order valence-electron chi connectivity index (χ0n) is 17.4. The van der Waals surface area contributed by atoms with Gasteiger partial charge in [0.1, 0.15) is 0 Å². The summed E-state index contributed by atoms with van der Waals surface area (Å²) in [4.78, 5) is 21.0. The summed E-state index contributed by atoms with van der Waals surface area (Å²) in [6.45, 7) is 5.84. The number of benzene rings is 1. The molecule has 1 aliphatic carbocycles. The van der Waals surface area contributed by atoms with Gasteiger partial charge in [-0.2, -0.15) is 13.2 Å². The van der Waals surface area contributed by atoms with Gasteiger partial charge in [-0.1, -0.05) is 25.3 Å². The van der Waals surface area contributed by atoms with Gasteiger partial charge < -0.3 is 19.9 Å². The minimum absolute atomic E-state index is 0.223. The molecule has 1 aromatic rings. The van der Waals surface area contributed by atoms with Crippen LogP contribution < -0.4 is 14.8 Å². The van der Waals surface area contributed by atoms with Crippen molar-refractivity contribution in [1.82, 2.24) is 5.32 Å². The molecule has 2 rings (SSSR count). The summed E-state index contributed by atoms with van der Waals surface area (Å²) in [6.07, 6.45) is 1.47. The van der Waals surface area contributed by atoms with Crippen LogP contribution in [0.1, 0.15) is 51.5 Å². The summed E-state index contributed by atoms with van der Waals surface area (Å²) in [5.41, 5.74) is 1.15. The Morgan fingerprint density at radius 3 is 2.17 bits per heavy atom. The molecule has 0 spiro atoms. The van der Waals surface area contributed by atoms with Gasteiger partial charge in [0.2, 0.25) is 5.91 Å². The second-order valence-electron chi connectivity index (χ2n) is 6.83. The van der Waals surface area contributed by atoms with Crippen molar-refractivity contribution in [2.24, 2.45) is 5.92 Å². The maximum Gasteiger partial charge on any atom is 0.490 e. The number of carboxylic acids is 1. The topological polar surface area (TPSA) is 84.9 Å². The van der Waals surface area contributed by atoms with Gasteiger partial charge >= 0.3 is 12.1 Å². The van der Waals surface area contributed by atoms with Crippen LogP contribution in [0, 0.1) is 5.92 Å². The lowest BCUT2D eigenvalue weighted by atomic mass is 9.88. The molecule has 0 aromatic heterocycles. The SMILES string of the molecule is CCOc1ccc(CCNC(=O)C2CCCCC2)cc1OCC.O=C(O)C(F)(F)F. The molecule has 0 unspecified atom stereocenters. The number of carbonyl (C=O) groups is 2. The highest BCUT2D eigenvalue weighted by atomic mass is 19.4. The number of ether oxygens (including phenoxy) is 2. The summed E-state index contributed by atoms with van der Waals surface area (Å²) < 4.78 is 42.9. The quantitative estimate of drug-likeness (QED) is 0.637. The van der Waals surface area contributed by atoms with Gasteiger partial charge in [0.25, 0.3) is 0 Å². The average molecular weight is 433 g/mol. The van der Waals surface area contributed by atoms with E-state index in [0.29, 0.717) is 19.8 Å². The van der Waals surface area contributed by atoms with Crippen molar-refractivity contribution >= 4 is 11.9 Å². The highest BCUT2D eigenvalue weighted by Gasteiger charge is 2.38. The Labute approximate surface area is 174 Å². The molecule has 6 nitrogen and oxygen atoms in total. The normalized spacial score (nSPS) is 14.3.